The highest BCUT2D eigenvalue weighted by molar-refractivity contribution is 7.84. The minimum absolute atomic E-state index is 0.0675. The van der Waals surface area contributed by atoms with Crippen molar-refractivity contribution in [1.82, 2.24) is 0 Å². The van der Waals surface area contributed by atoms with Gasteiger partial charge < -0.3 is 15.2 Å². The first-order chi connectivity index (χ1) is 8.61. The van der Waals surface area contributed by atoms with Crippen molar-refractivity contribution in [1.29, 1.82) is 0 Å². The second-order valence-electron chi connectivity index (χ2n) is 4.50. The Labute approximate surface area is 110 Å². The Bertz CT molecular complexity index is 450. The molecule has 1 aromatic carbocycles. The van der Waals surface area contributed by atoms with Gasteiger partial charge in [-0.1, -0.05) is 0 Å². The fourth-order valence-electron chi connectivity index (χ4n) is 2.23. The number of ether oxygens (including phenoxy) is 2. The quantitative estimate of drug-likeness (QED) is 0.845. The van der Waals surface area contributed by atoms with E-state index in [4.69, 9.17) is 15.2 Å². The molecule has 1 fully saturated rings. The molecule has 2 N–H and O–H groups in total. The van der Waals surface area contributed by atoms with Crippen LogP contribution in [-0.2, 0) is 21.3 Å². The van der Waals surface area contributed by atoms with Gasteiger partial charge in [0, 0.05) is 28.7 Å². The molecule has 0 amide bonds. The maximum Gasteiger partial charge on any atom is 0.123 e. The Kier molecular flexibility index (Phi) is 4.24. The largest absolute Gasteiger partial charge is 0.496 e. The zero-order valence-corrected chi connectivity index (χ0v) is 11.5. The fraction of sp³-hybridized carbons (Fsp3) is 0.538. The molecule has 100 valence electrons. The van der Waals surface area contributed by atoms with Gasteiger partial charge in [0.2, 0.25) is 0 Å². The molecule has 5 heteroatoms. The van der Waals surface area contributed by atoms with Crippen LogP contribution in [0.1, 0.15) is 18.9 Å². The van der Waals surface area contributed by atoms with E-state index in [-0.39, 0.29) is 11.4 Å². The number of nitrogens with two attached hydrogens (primary N) is 1. The number of benzene rings is 1. The first kappa shape index (κ1) is 13.4. The second-order valence-corrected chi connectivity index (χ2v) is 6.16. The first-order valence-electron chi connectivity index (χ1n) is 6.03. The standard InChI is InChI=1S/C13H19NO3S/c1-9-13(5-6-17-9)18(15)8-10-7-11(14)3-4-12(10)16-2/h3-4,7,9,13H,5-6,8,14H2,1-2H3. The van der Waals surface area contributed by atoms with Crippen LogP contribution in [0.5, 0.6) is 5.75 Å². The third-order valence-electron chi connectivity index (χ3n) is 3.25. The summed E-state index contributed by atoms with van der Waals surface area (Å²) >= 11 is 0. The van der Waals surface area contributed by atoms with Crippen molar-refractivity contribution in [3.63, 3.8) is 0 Å². The summed E-state index contributed by atoms with van der Waals surface area (Å²) < 4.78 is 23.1. The van der Waals surface area contributed by atoms with Crippen LogP contribution < -0.4 is 10.5 Å². The molecule has 1 aromatic rings. The van der Waals surface area contributed by atoms with E-state index in [9.17, 15) is 4.21 Å². The first-order valence-corrected chi connectivity index (χ1v) is 7.41. The number of anilines is 1. The molecule has 1 aliphatic rings. The lowest BCUT2D eigenvalue weighted by atomic mass is 10.2. The van der Waals surface area contributed by atoms with Gasteiger partial charge in [0.25, 0.3) is 0 Å². The average Bonchev–Trinajstić information content (AvgIpc) is 2.76. The molecule has 0 aromatic heterocycles. The molecular formula is C13H19NO3S. The summed E-state index contributed by atoms with van der Waals surface area (Å²) in [6, 6.07) is 5.43. The predicted molar refractivity (Wildman–Crippen MR) is 73.1 cm³/mol. The van der Waals surface area contributed by atoms with Gasteiger partial charge in [-0.2, -0.15) is 0 Å². The topological polar surface area (TPSA) is 61.5 Å². The minimum atomic E-state index is -0.957. The van der Waals surface area contributed by atoms with Crippen molar-refractivity contribution in [2.75, 3.05) is 19.5 Å². The molecule has 0 radical (unpaired) electrons. The van der Waals surface area contributed by atoms with Crippen molar-refractivity contribution in [2.24, 2.45) is 0 Å². The summed E-state index contributed by atoms with van der Waals surface area (Å²) in [7, 11) is 0.653. The monoisotopic (exact) mass is 269 g/mol. The molecule has 2 rings (SSSR count). The maximum atomic E-state index is 12.3. The molecule has 0 saturated carbocycles. The Balaban J connectivity index is 2.13. The van der Waals surface area contributed by atoms with Crippen molar-refractivity contribution < 1.29 is 13.7 Å². The highest BCUT2D eigenvalue weighted by Crippen LogP contribution is 2.26. The maximum absolute atomic E-state index is 12.3. The van der Waals surface area contributed by atoms with Gasteiger partial charge in [0.05, 0.1) is 24.2 Å². The van der Waals surface area contributed by atoms with E-state index in [1.54, 1.807) is 13.2 Å². The molecule has 0 bridgehead atoms. The Morgan fingerprint density at radius 2 is 2.33 bits per heavy atom. The molecule has 0 aliphatic carbocycles. The number of nitrogen functional groups attached to an aromatic ring is 1. The van der Waals surface area contributed by atoms with Gasteiger partial charge in [0.1, 0.15) is 5.75 Å². The van der Waals surface area contributed by atoms with Gasteiger partial charge in [-0.05, 0) is 31.5 Å². The highest BCUT2D eigenvalue weighted by atomic mass is 32.2. The summed E-state index contributed by atoms with van der Waals surface area (Å²) in [6.45, 7) is 2.68. The molecule has 3 unspecified atom stereocenters. The lowest BCUT2D eigenvalue weighted by molar-refractivity contribution is 0.127. The van der Waals surface area contributed by atoms with Crippen LogP contribution in [0.2, 0.25) is 0 Å². The van der Waals surface area contributed by atoms with Crippen LogP contribution in [-0.4, -0.2) is 29.3 Å². The number of hydrogen-bond acceptors (Lipinski definition) is 4. The molecule has 0 spiro atoms. The molecule has 4 nitrogen and oxygen atoms in total. The third kappa shape index (κ3) is 2.84. The van der Waals surface area contributed by atoms with Crippen molar-refractivity contribution in [2.45, 2.75) is 30.5 Å². The van der Waals surface area contributed by atoms with E-state index in [1.165, 1.54) is 0 Å². The number of hydrogen-bond donors (Lipinski definition) is 1. The Morgan fingerprint density at radius 3 is 2.94 bits per heavy atom. The average molecular weight is 269 g/mol. The smallest absolute Gasteiger partial charge is 0.123 e. The van der Waals surface area contributed by atoms with Gasteiger partial charge in [-0.3, -0.25) is 4.21 Å². The van der Waals surface area contributed by atoms with Gasteiger partial charge >= 0.3 is 0 Å². The molecule has 1 heterocycles. The Hall–Kier alpha value is -1.07. The molecule has 1 saturated heterocycles. The van der Waals surface area contributed by atoms with Crippen LogP contribution in [0.15, 0.2) is 18.2 Å². The fourth-order valence-corrected chi connectivity index (χ4v) is 3.84. The summed E-state index contributed by atoms with van der Waals surface area (Å²) in [4.78, 5) is 0. The zero-order valence-electron chi connectivity index (χ0n) is 10.7. The second kappa shape index (κ2) is 5.71. The normalized spacial score (nSPS) is 25.0. The van der Waals surface area contributed by atoms with Crippen molar-refractivity contribution >= 4 is 16.5 Å². The van der Waals surface area contributed by atoms with Crippen LogP contribution in [0.3, 0.4) is 0 Å². The summed E-state index contributed by atoms with van der Waals surface area (Å²) in [5.41, 5.74) is 7.32. The molecule has 3 atom stereocenters. The van der Waals surface area contributed by atoms with E-state index < -0.39 is 10.8 Å². The zero-order chi connectivity index (χ0) is 13.1. The summed E-state index contributed by atoms with van der Waals surface area (Å²) in [5.74, 6) is 1.20. The van der Waals surface area contributed by atoms with E-state index in [1.807, 2.05) is 19.1 Å². The van der Waals surface area contributed by atoms with Gasteiger partial charge in [-0.15, -0.1) is 0 Å². The highest BCUT2D eigenvalue weighted by Gasteiger charge is 2.29. The molecular weight excluding hydrogens is 250 g/mol. The number of methoxy groups -OCH3 is 1. The lowest BCUT2D eigenvalue weighted by Crippen LogP contribution is -2.24. The summed E-state index contributed by atoms with van der Waals surface area (Å²) in [5, 5.41) is 0.108. The summed E-state index contributed by atoms with van der Waals surface area (Å²) in [6.07, 6.45) is 0.927. The van der Waals surface area contributed by atoms with E-state index in [0.29, 0.717) is 18.0 Å². The van der Waals surface area contributed by atoms with E-state index in [0.717, 1.165) is 17.7 Å². The number of rotatable bonds is 4. The minimum Gasteiger partial charge on any atom is -0.496 e. The molecule has 18 heavy (non-hydrogen) atoms. The van der Waals surface area contributed by atoms with Crippen LogP contribution in [0, 0.1) is 0 Å². The van der Waals surface area contributed by atoms with E-state index in [2.05, 4.69) is 0 Å². The third-order valence-corrected chi connectivity index (χ3v) is 5.14. The van der Waals surface area contributed by atoms with Gasteiger partial charge in [-0.25, -0.2) is 0 Å². The van der Waals surface area contributed by atoms with Crippen LogP contribution in [0.4, 0.5) is 5.69 Å². The Morgan fingerprint density at radius 1 is 1.56 bits per heavy atom. The van der Waals surface area contributed by atoms with Crippen LogP contribution >= 0.6 is 0 Å². The van der Waals surface area contributed by atoms with E-state index >= 15 is 0 Å². The predicted octanol–water partition coefficient (Wildman–Crippen LogP) is 1.70. The van der Waals surface area contributed by atoms with Crippen molar-refractivity contribution in [3.8, 4) is 5.75 Å². The lowest BCUT2D eigenvalue weighted by Gasteiger charge is -2.15. The van der Waals surface area contributed by atoms with Crippen LogP contribution in [0.25, 0.3) is 0 Å². The van der Waals surface area contributed by atoms with Crippen molar-refractivity contribution in [3.05, 3.63) is 23.8 Å². The SMILES string of the molecule is COc1ccc(N)cc1CS(=O)C1CCOC1C. The molecule has 1 aliphatic heterocycles. The van der Waals surface area contributed by atoms with Gasteiger partial charge in [0.15, 0.2) is 0 Å².